The van der Waals surface area contributed by atoms with Crippen LogP contribution in [0.15, 0.2) is 36.4 Å². The normalized spacial score (nSPS) is 24.6. The van der Waals surface area contributed by atoms with Gasteiger partial charge in [-0.1, -0.05) is 18.2 Å². The number of nitrogen functional groups attached to an aromatic ring is 1. The Morgan fingerprint density at radius 3 is 2.22 bits per heavy atom. The monoisotopic (exact) mass is 509 g/mol. The number of ether oxygens (including phenoxy) is 5. The van der Waals surface area contributed by atoms with Crippen molar-refractivity contribution in [1.29, 1.82) is 0 Å². The van der Waals surface area contributed by atoms with Crippen molar-refractivity contribution >= 4 is 5.69 Å². The molecule has 0 spiro atoms. The molecule has 1 aliphatic rings. The number of rotatable bonds is 11. The first kappa shape index (κ1) is 28.3. The molecule has 7 N–H and O–H groups in total. The molecule has 1 aliphatic heterocycles. The summed E-state index contributed by atoms with van der Waals surface area (Å²) in [5, 5.41) is 48.5. The standard InChI is InChI=1S/C25H35NO10/c1-4-34-17-7-5-14(6-8-17)9-15-10-18(16(11-19(15)26)13-35-25(29,30)31)22-24(33-3)21(28)23(32-2)20(12-27)36-22/h5-8,10-11,20-24,27-31H,4,9,12-13,26H2,1-3H3/t20-,21+,22+,23-,24-/m1/s1. The summed E-state index contributed by atoms with van der Waals surface area (Å²) < 4.78 is 27.2. The van der Waals surface area contributed by atoms with Gasteiger partial charge in [-0.3, -0.25) is 4.74 Å². The minimum Gasteiger partial charge on any atom is -0.494 e. The predicted molar refractivity (Wildman–Crippen MR) is 128 cm³/mol. The molecule has 1 saturated heterocycles. The fourth-order valence-electron chi connectivity index (χ4n) is 4.42. The third kappa shape index (κ3) is 6.71. The van der Waals surface area contributed by atoms with E-state index in [1.807, 2.05) is 31.2 Å². The third-order valence-corrected chi connectivity index (χ3v) is 6.14. The molecule has 0 radical (unpaired) electrons. The Morgan fingerprint density at radius 1 is 1.00 bits per heavy atom. The van der Waals surface area contributed by atoms with Crippen LogP contribution in [0.1, 0.15) is 35.3 Å². The van der Waals surface area contributed by atoms with E-state index in [0.29, 0.717) is 29.8 Å². The summed E-state index contributed by atoms with van der Waals surface area (Å²) in [5.74, 6) is 0.748. The van der Waals surface area contributed by atoms with E-state index in [4.69, 9.17) is 29.4 Å². The van der Waals surface area contributed by atoms with E-state index in [1.54, 1.807) is 12.1 Å². The van der Waals surface area contributed by atoms with Gasteiger partial charge in [0.15, 0.2) is 0 Å². The number of hydrogen-bond acceptors (Lipinski definition) is 11. The molecule has 200 valence electrons. The van der Waals surface area contributed by atoms with Crippen LogP contribution < -0.4 is 10.5 Å². The summed E-state index contributed by atoms with van der Waals surface area (Å²) in [5.41, 5.74) is 9.23. The molecule has 0 saturated carbocycles. The molecule has 0 bridgehead atoms. The van der Waals surface area contributed by atoms with Crippen LogP contribution in [0.2, 0.25) is 0 Å². The molecule has 36 heavy (non-hydrogen) atoms. The van der Waals surface area contributed by atoms with Crippen molar-refractivity contribution in [2.45, 2.75) is 56.6 Å². The Morgan fingerprint density at radius 2 is 1.67 bits per heavy atom. The maximum absolute atomic E-state index is 10.9. The van der Waals surface area contributed by atoms with E-state index in [0.717, 1.165) is 16.9 Å². The van der Waals surface area contributed by atoms with Crippen LogP contribution in [0.3, 0.4) is 0 Å². The van der Waals surface area contributed by atoms with Gasteiger partial charge >= 0.3 is 6.16 Å². The molecule has 3 rings (SSSR count). The number of nitrogens with two attached hydrogens (primary N) is 1. The number of anilines is 1. The van der Waals surface area contributed by atoms with Crippen LogP contribution in [0.5, 0.6) is 5.75 Å². The van der Waals surface area contributed by atoms with E-state index in [-0.39, 0.29) is 0 Å². The molecule has 0 aliphatic carbocycles. The van der Waals surface area contributed by atoms with Gasteiger partial charge in [-0.2, -0.15) is 0 Å². The second-order valence-corrected chi connectivity index (χ2v) is 8.54. The van der Waals surface area contributed by atoms with Gasteiger partial charge in [0.25, 0.3) is 0 Å². The molecule has 11 heteroatoms. The van der Waals surface area contributed by atoms with E-state index >= 15 is 0 Å². The van der Waals surface area contributed by atoms with Gasteiger partial charge in [-0.05, 0) is 53.8 Å². The minimum absolute atomic E-state index is 0.358. The van der Waals surface area contributed by atoms with Gasteiger partial charge < -0.3 is 50.2 Å². The number of aliphatic hydroxyl groups is 5. The Bertz CT molecular complexity index is 978. The molecule has 1 fully saturated rings. The highest BCUT2D eigenvalue weighted by Crippen LogP contribution is 2.38. The molecule has 0 unspecified atom stereocenters. The molecular weight excluding hydrogens is 474 g/mol. The van der Waals surface area contributed by atoms with Crippen molar-refractivity contribution in [3.8, 4) is 5.75 Å². The zero-order valence-corrected chi connectivity index (χ0v) is 20.5. The quantitative estimate of drug-likeness (QED) is 0.180. The van der Waals surface area contributed by atoms with Crippen LogP contribution in [-0.2, 0) is 32.0 Å². The summed E-state index contributed by atoms with van der Waals surface area (Å²) in [6.07, 6.45) is -7.58. The zero-order chi connectivity index (χ0) is 26.5. The second-order valence-electron chi connectivity index (χ2n) is 8.54. The van der Waals surface area contributed by atoms with Crippen LogP contribution >= 0.6 is 0 Å². The first-order chi connectivity index (χ1) is 17.1. The molecule has 5 atom stereocenters. The summed E-state index contributed by atoms with van der Waals surface area (Å²) >= 11 is 0. The van der Waals surface area contributed by atoms with Crippen LogP contribution in [0.25, 0.3) is 0 Å². The number of methoxy groups -OCH3 is 2. The maximum Gasteiger partial charge on any atom is 0.405 e. The Kier molecular flexibility index (Phi) is 9.64. The zero-order valence-electron chi connectivity index (χ0n) is 20.5. The molecule has 2 aromatic carbocycles. The minimum atomic E-state index is -3.37. The van der Waals surface area contributed by atoms with Crippen molar-refractivity contribution < 1.29 is 49.2 Å². The average Bonchev–Trinajstić information content (AvgIpc) is 2.84. The smallest absolute Gasteiger partial charge is 0.405 e. The van der Waals surface area contributed by atoms with Gasteiger partial charge in [0, 0.05) is 19.9 Å². The lowest BCUT2D eigenvalue weighted by Gasteiger charge is -2.44. The summed E-state index contributed by atoms with van der Waals surface area (Å²) in [6.45, 7) is 1.60. The van der Waals surface area contributed by atoms with Crippen molar-refractivity contribution in [3.05, 3.63) is 58.7 Å². The third-order valence-electron chi connectivity index (χ3n) is 6.14. The summed E-state index contributed by atoms with van der Waals surface area (Å²) in [6, 6.07) is 10.9. The lowest BCUT2D eigenvalue weighted by atomic mass is 9.87. The lowest BCUT2D eigenvalue weighted by Crippen LogP contribution is -2.56. The van der Waals surface area contributed by atoms with Crippen molar-refractivity contribution in [1.82, 2.24) is 0 Å². The van der Waals surface area contributed by atoms with Crippen LogP contribution in [0.4, 0.5) is 5.69 Å². The SMILES string of the molecule is CCOc1ccc(Cc2cc([C@@H]3O[C@H](CO)[C@@H](OC)[C@H](O)[C@H]3OC)c(COC(O)(O)O)cc2N)cc1. The first-order valence-electron chi connectivity index (χ1n) is 11.6. The second kappa shape index (κ2) is 12.3. The summed E-state index contributed by atoms with van der Waals surface area (Å²) in [4.78, 5) is 0. The Hall–Kier alpha value is -2.32. The molecule has 11 nitrogen and oxygen atoms in total. The van der Waals surface area contributed by atoms with Crippen LogP contribution in [0, 0.1) is 0 Å². The van der Waals surface area contributed by atoms with E-state index < -0.39 is 49.9 Å². The van der Waals surface area contributed by atoms with Crippen molar-refractivity contribution in [2.24, 2.45) is 0 Å². The highest BCUT2D eigenvalue weighted by molar-refractivity contribution is 5.55. The first-order valence-corrected chi connectivity index (χ1v) is 11.6. The Balaban J connectivity index is 2.02. The largest absolute Gasteiger partial charge is 0.494 e. The van der Waals surface area contributed by atoms with E-state index in [9.17, 15) is 25.5 Å². The van der Waals surface area contributed by atoms with Gasteiger partial charge in [0.1, 0.15) is 36.3 Å². The van der Waals surface area contributed by atoms with Crippen LogP contribution in [-0.4, -0.2) is 83.5 Å². The van der Waals surface area contributed by atoms with Gasteiger partial charge in [-0.15, -0.1) is 0 Å². The van der Waals surface area contributed by atoms with Crippen molar-refractivity contribution in [2.75, 3.05) is 33.2 Å². The molecule has 1 heterocycles. The molecule has 2 aromatic rings. The Labute approximate surface area is 209 Å². The van der Waals surface area contributed by atoms with Crippen molar-refractivity contribution in [3.63, 3.8) is 0 Å². The molecule has 0 aromatic heterocycles. The van der Waals surface area contributed by atoms with E-state index in [2.05, 4.69) is 0 Å². The van der Waals surface area contributed by atoms with E-state index in [1.165, 1.54) is 14.2 Å². The highest BCUT2D eigenvalue weighted by Gasteiger charge is 2.47. The summed E-state index contributed by atoms with van der Waals surface area (Å²) in [7, 11) is 2.80. The topological polar surface area (TPSA) is 173 Å². The maximum atomic E-state index is 10.9. The molecule has 0 amide bonds. The molecular formula is C25H35NO10. The predicted octanol–water partition coefficient (Wildman–Crippen LogP) is 0.186. The highest BCUT2D eigenvalue weighted by atomic mass is 16.9. The fourth-order valence-corrected chi connectivity index (χ4v) is 4.42. The van der Waals surface area contributed by atoms with Gasteiger partial charge in [0.05, 0.1) is 19.8 Å². The van der Waals surface area contributed by atoms with Gasteiger partial charge in [0.2, 0.25) is 0 Å². The number of benzene rings is 2. The lowest BCUT2D eigenvalue weighted by molar-refractivity contribution is -0.458. The average molecular weight is 510 g/mol. The fraction of sp³-hybridized carbons (Fsp3) is 0.520. The van der Waals surface area contributed by atoms with Gasteiger partial charge in [-0.25, -0.2) is 0 Å². The number of aliphatic hydroxyl groups excluding tert-OH is 2. The number of hydrogen-bond donors (Lipinski definition) is 6.